The van der Waals surface area contributed by atoms with E-state index >= 15 is 0 Å². The molecule has 0 radical (unpaired) electrons. The Kier molecular flexibility index (Phi) is 5.95. The Morgan fingerprint density at radius 3 is 2.00 bits per heavy atom. The predicted molar refractivity (Wildman–Crippen MR) is 138 cm³/mol. The van der Waals surface area contributed by atoms with Gasteiger partial charge in [0.25, 0.3) is 0 Å². The maximum absolute atomic E-state index is 11.3. The highest BCUT2D eigenvalue weighted by molar-refractivity contribution is 6.31. The predicted octanol–water partition coefficient (Wildman–Crippen LogP) is 7.53. The van der Waals surface area contributed by atoms with Crippen LogP contribution in [-0.2, 0) is 6.42 Å². The van der Waals surface area contributed by atoms with E-state index in [0.29, 0.717) is 17.0 Å². The molecule has 0 fully saturated rings. The largest absolute Gasteiger partial charge is 0.478 e. The maximum atomic E-state index is 11.3. The summed E-state index contributed by atoms with van der Waals surface area (Å²) in [4.78, 5) is 11.3. The topological polar surface area (TPSA) is 42.2 Å². The van der Waals surface area contributed by atoms with Gasteiger partial charge in [0.05, 0.1) is 11.6 Å². The fraction of sp³-hybridized carbons (Fsp3) is 0.100. The van der Waals surface area contributed by atoms with E-state index in [1.165, 1.54) is 16.7 Å². The van der Waals surface area contributed by atoms with E-state index < -0.39 is 5.97 Å². The normalized spacial score (nSPS) is 11.3. The third-order valence-electron chi connectivity index (χ3n) is 6.41. The smallest absolute Gasteiger partial charge is 0.335 e. The second kappa shape index (κ2) is 9.20. The van der Waals surface area contributed by atoms with Gasteiger partial charge < -0.3 is 9.67 Å². The molecular weight excluding hydrogens is 442 g/mol. The van der Waals surface area contributed by atoms with Gasteiger partial charge in [-0.15, -0.1) is 0 Å². The summed E-state index contributed by atoms with van der Waals surface area (Å²) in [5, 5.41) is 11.1. The number of carboxylic acids is 1. The number of benzene rings is 4. The third-order valence-corrected chi connectivity index (χ3v) is 6.65. The lowest BCUT2D eigenvalue weighted by molar-refractivity contribution is 0.0697. The van der Waals surface area contributed by atoms with Gasteiger partial charge in [0.15, 0.2) is 0 Å². The minimum atomic E-state index is -0.917. The van der Waals surface area contributed by atoms with Crippen molar-refractivity contribution in [1.29, 1.82) is 0 Å². The number of carboxylic acid groups (broad SMARTS) is 1. The molecule has 4 heteroatoms. The molecule has 0 aliphatic heterocycles. The summed E-state index contributed by atoms with van der Waals surface area (Å²) in [6.45, 7) is 2.16. The van der Waals surface area contributed by atoms with Crippen LogP contribution in [-0.4, -0.2) is 15.6 Å². The Labute approximate surface area is 203 Å². The summed E-state index contributed by atoms with van der Waals surface area (Å²) < 4.78 is 2.40. The van der Waals surface area contributed by atoms with Gasteiger partial charge in [-0.1, -0.05) is 84.4 Å². The Hall–Kier alpha value is -3.82. The van der Waals surface area contributed by atoms with Crippen LogP contribution in [0.5, 0.6) is 0 Å². The van der Waals surface area contributed by atoms with Crippen molar-refractivity contribution in [2.24, 2.45) is 0 Å². The van der Waals surface area contributed by atoms with E-state index in [0.717, 1.165) is 22.2 Å². The van der Waals surface area contributed by atoms with E-state index in [-0.39, 0.29) is 6.04 Å². The molecule has 0 atom stereocenters. The van der Waals surface area contributed by atoms with Crippen molar-refractivity contribution < 1.29 is 9.90 Å². The number of fused-ring (bicyclic) bond motifs is 1. The van der Waals surface area contributed by atoms with Crippen LogP contribution in [0.25, 0.3) is 10.9 Å². The van der Waals surface area contributed by atoms with E-state index in [2.05, 4.69) is 66.1 Å². The number of halogens is 1. The molecule has 0 aliphatic carbocycles. The molecule has 5 rings (SSSR count). The van der Waals surface area contributed by atoms with Crippen LogP contribution in [0.4, 0.5) is 0 Å². The lowest BCUT2D eigenvalue weighted by Crippen LogP contribution is -2.14. The molecule has 1 aromatic heterocycles. The monoisotopic (exact) mass is 465 g/mol. The number of carbonyl (C=O) groups is 1. The molecule has 0 saturated carbocycles. The summed E-state index contributed by atoms with van der Waals surface area (Å²) in [7, 11) is 0. The van der Waals surface area contributed by atoms with Crippen molar-refractivity contribution in [2.75, 3.05) is 0 Å². The highest BCUT2D eigenvalue weighted by atomic mass is 35.5. The summed E-state index contributed by atoms with van der Waals surface area (Å²) in [5.41, 5.74) is 7.25. The molecule has 0 bridgehead atoms. The van der Waals surface area contributed by atoms with Crippen molar-refractivity contribution in [3.63, 3.8) is 0 Å². The highest BCUT2D eigenvalue weighted by Gasteiger charge is 2.23. The van der Waals surface area contributed by atoms with Crippen molar-refractivity contribution in [3.8, 4) is 0 Å². The summed E-state index contributed by atoms with van der Waals surface area (Å²) in [5.74, 6) is -0.917. The summed E-state index contributed by atoms with van der Waals surface area (Å²) >= 11 is 6.45. The van der Waals surface area contributed by atoms with Crippen LogP contribution in [0.3, 0.4) is 0 Å². The van der Waals surface area contributed by atoms with E-state index in [4.69, 9.17) is 11.6 Å². The van der Waals surface area contributed by atoms with Gasteiger partial charge in [0, 0.05) is 21.6 Å². The summed E-state index contributed by atoms with van der Waals surface area (Å²) in [6.07, 6.45) is 0.686. The first-order valence-electron chi connectivity index (χ1n) is 11.2. The zero-order valence-electron chi connectivity index (χ0n) is 18.8. The molecule has 4 aromatic carbocycles. The quantitative estimate of drug-likeness (QED) is 0.281. The average Bonchev–Trinajstić information content (AvgIpc) is 3.12. The molecular formula is C30H24ClNO2. The van der Waals surface area contributed by atoms with Gasteiger partial charge in [-0.05, 0) is 65.9 Å². The van der Waals surface area contributed by atoms with Crippen LogP contribution < -0.4 is 0 Å². The zero-order valence-corrected chi connectivity index (χ0v) is 19.5. The SMILES string of the molecule is Cc1c(Cc2ccc(C(=O)O)cc2)c2cc(Cl)ccc2n1C(c1ccccc1)c1ccccc1. The molecule has 0 amide bonds. The molecule has 0 saturated heterocycles. The fourth-order valence-electron chi connectivity index (χ4n) is 4.77. The summed E-state index contributed by atoms with van der Waals surface area (Å²) in [6, 6.07) is 34.3. The van der Waals surface area contributed by atoms with Crippen LogP contribution >= 0.6 is 11.6 Å². The number of hydrogen-bond acceptors (Lipinski definition) is 1. The van der Waals surface area contributed by atoms with E-state index in [9.17, 15) is 9.90 Å². The molecule has 0 spiro atoms. The Morgan fingerprint density at radius 1 is 0.853 bits per heavy atom. The van der Waals surface area contributed by atoms with Gasteiger partial charge in [-0.2, -0.15) is 0 Å². The molecule has 34 heavy (non-hydrogen) atoms. The fourth-order valence-corrected chi connectivity index (χ4v) is 4.94. The Balaban J connectivity index is 1.71. The van der Waals surface area contributed by atoms with Gasteiger partial charge >= 0.3 is 5.97 Å². The second-order valence-electron chi connectivity index (χ2n) is 8.50. The third kappa shape index (κ3) is 4.11. The Bertz CT molecular complexity index is 1420. The van der Waals surface area contributed by atoms with Crippen LogP contribution in [0.1, 0.15) is 44.3 Å². The maximum Gasteiger partial charge on any atom is 0.335 e. The Morgan fingerprint density at radius 2 is 1.44 bits per heavy atom. The first-order chi connectivity index (χ1) is 16.5. The van der Waals surface area contributed by atoms with E-state index in [1.807, 2.05) is 36.4 Å². The number of aromatic nitrogens is 1. The van der Waals surface area contributed by atoms with Crippen molar-refractivity contribution >= 4 is 28.5 Å². The minimum Gasteiger partial charge on any atom is -0.478 e. The first kappa shape index (κ1) is 22.0. The van der Waals surface area contributed by atoms with Gasteiger partial charge in [-0.25, -0.2) is 4.79 Å². The molecule has 1 N–H and O–H groups in total. The van der Waals surface area contributed by atoms with Crippen molar-refractivity contribution in [3.05, 3.63) is 142 Å². The zero-order chi connectivity index (χ0) is 23.7. The highest BCUT2D eigenvalue weighted by Crippen LogP contribution is 2.37. The molecule has 5 aromatic rings. The molecule has 168 valence electrons. The van der Waals surface area contributed by atoms with Gasteiger partial charge in [-0.3, -0.25) is 0 Å². The molecule has 0 aliphatic rings. The van der Waals surface area contributed by atoms with Crippen molar-refractivity contribution in [2.45, 2.75) is 19.4 Å². The van der Waals surface area contributed by atoms with Crippen LogP contribution in [0, 0.1) is 6.92 Å². The number of hydrogen-bond donors (Lipinski definition) is 1. The molecule has 1 heterocycles. The van der Waals surface area contributed by atoms with Crippen molar-refractivity contribution in [1.82, 2.24) is 4.57 Å². The van der Waals surface area contributed by atoms with Gasteiger partial charge in [0.2, 0.25) is 0 Å². The van der Waals surface area contributed by atoms with Gasteiger partial charge in [0.1, 0.15) is 0 Å². The lowest BCUT2D eigenvalue weighted by Gasteiger charge is -2.23. The van der Waals surface area contributed by atoms with E-state index in [1.54, 1.807) is 12.1 Å². The minimum absolute atomic E-state index is 0.00853. The lowest BCUT2D eigenvalue weighted by atomic mass is 9.98. The second-order valence-corrected chi connectivity index (χ2v) is 8.93. The van der Waals surface area contributed by atoms with Crippen LogP contribution in [0.2, 0.25) is 5.02 Å². The first-order valence-corrected chi connectivity index (χ1v) is 11.6. The number of nitrogens with zero attached hydrogens (tertiary/aromatic N) is 1. The average molecular weight is 466 g/mol. The molecule has 0 unspecified atom stereocenters. The molecule has 3 nitrogen and oxygen atoms in total. The number of rotatable bonds is 6. The van der Waals surface area contributed by atoms with Crippen LogP contribution in [0.15, 0.2) is 103 Å². The number of aromatic carboxylic acids is 1. The standard InChI is InChI=1S/C30H24ClNO2/c1-20-26(18-21-12-14-24(15-13-21)30(33)34)27-19-25(31)16-17-28(27)32(20)29(22-8-4-2-5-9-22)23-10-6-3-7-11-23/h2-17,19,29H,18H2,1H3,(H,33,34).